The second-order valence-corrected chi connectivity index (χ2v) is 6.88. The van der Waals surface area contributed by atoms with Crippen molar-refractivity contribution in [2.24, 2.45) is 7.05 Å². The third-order valence-corrected chi connectivity index (χ3v) is 5.24. The van der Waals surface area contributed by atoms with Crippen molar-refractivity contribution < 1.29 is 9.90 Å². The number of rotatable bonds is 1. The molecule has 1 saturated carbocycles. The molecule has 1 aromatic carbocycles. The first kappa shape index (κ1) is 12.4. The molecule has 1 aromatic heterocycles. The molecule has 2 aromatic rings. The van der Waals surface area contributed by atoms with Gasteiger partial charge in [-0.1, -0.05) is 6.07 Å². The van der Waals surface area contributed by atoms with Gasteiger partial charge in [-0.3, -0.25) is 0 Å². The van der Waals surface area contributed by atoms with E-state index in [1.165, 1.54) is 5.56 Å². The van der Waals surface area contributed by atoms with E-state index in [2.05, 4.69) is 45.8 Å². The molecule has 20 heavy (non-hydrogen) atoms. The van der Waals surface area contributed by atoms with Crippen LogP contribution in [-0.4, -0.2) is 20.6 Å². The van der Waals surface area contributed by atoms with Crippen molar-refractivity contribution in [2.75, 3.05) is 0 Å². The van der Waals surface area contributed by atoms with Gasteiger partial charge in [0.2, 0.25) is 5.82 Å². The SMILES string of the molecule is Cn1c(C(=O)O)nc2c1C1CC(C1)c1ccc(I)cc1-2. The lowest BCUT2D eigenvalue weighted by atomic mass is 9.71. The summed E-state index contributed by atoms with van der Waals surface area (Å²) in [6, 6.07) is 6.44. The second kappa shape index (κ2) is 4.07. The van der Waals surface area contributed by atoms with Crippen molar-refractivity contribution in [3.63, 3.8) is 0 Å². The standard InChI is InChI=1S/C15H13IN2O2/c1-18-13-8-4-7(5-8)10-3-2-9(16)6-11(10)12(13)17-14(18)15(19)20/h2-3,6-8H,4-5H2,1H3,(H,19,20). The van der Waals surface area contributed by atoms with Crippen LogP contribution in [-0.2, 0) is 7.05 Å². The number of aromatic carboxylic acids is 1. The molecule has 0 saturated heterocycles. The molecule has 5 heteroatoms. The molecule has 0 radical (unpaired) electrons. The highest BCUT2D eigenvalue weighted by Gasteiger charge is 2.41. The van der Waals surface area contributed by atoms with Crippen LogP contribution in [0.3, 0.4) is 0 Å². The van der Waals surface area contributed by atoms with Gasteiger partial charge in [0, 0.05) is 27.8 Å². The van der Waals surface area contributed by atoms with Gasteiger partial charge in [0.05, 0.1) is 5.69 Å². The predicted octanol–water partition coefficient (Wildman–Crippen LogP) is 3.36. The molecule has 1 fully saturated rings. The number of aromatic nitrogens is 2. The summed E-state index contributed by atoms with van der Waals surface area (Å²) < 4.78 is 2.93. The van der Waals surface area contributed by atoms with Gasteiger partial charge in [-0.05, 0) is 59.0 Å². The molecule has 0 amide bonds. The summed E-state index contributed by atoms with van der Waals surface area (Å²) in [7, 11) is 1.82. The van der Waals surface area contributed by atoms with Crippen LogP contribution in [0.4, 0.5) is 0 Å². The van der Waals surface area contributed by atoms with Gasteiger partial charge in [-0.25, -0.2) is 9.78 Å². The first-order valence-electron chi connectivity index (χ1n) is 6.66. The molecule has 1 N–H and O–H groups in total. The summed E-state index contributed by atoms with van der Waals surface area (Å²) in [5.74, 6) is 0.244. The average molecular weight is 380 g/mol. The number of hydrogen-bond donors (Lipinski definition) is 1. The van der Waals surface area contributed by atoms with E-state index in [0.717, 1.165) is 33.4 Å². The summed E-state index contributed by atoms with van der Waals surface area (Å²) in [6.45, 7) is 0. The molecule has 0 atom stereocenters. The molecule has 0 spiro atoms. The Balaban J connectivity index is 2.05. The van der Waals surface area contributed by atoms with E-state index < -0.39 is 5.97 Å². The fraction of sp³-hybridized carbons (Fsp3) is 0.333. The average Bonchev–Trinajstić information content (AvgIpc) is 2.55. The largest absolute Gasteiger partial charge is 0.475 e. The number of imidazole rings is 1. The monoisotopic (exact) mass is 380 g/mol. The zero-order valence-corrected chi connectivity index (χ0v) is 13.1. The third-order valence-electron chi connectivity index (χ3n) is 4.57. The predicted molar refractivity (Wildman–Crippen MR) is 83.0 cm³/mol. The van der Waals surface area contributed by atoms with Gasteiger partial charge in [0.25, 0.3) is 0 Å². The number of carboxylic acids is 1. The van der Waals surface area contributed by atoms with Crippen molar-refractivity contribution in [1.82, 2.24) is 9.55 Å². The third kappa shape index (κ3) is 1.52. The van der Waals surface area contributed by atoms with Crippen LogP contribution in [0.15, 0.2) is 18.2 Å². The Morgan fingerprint density at radius 1 is 1.40 bits per heavy atom. The number of benzene rings is 1. The minimum absolute atomic E-state index is 0.144. The second-order valence-electron chi connectivity index (χ2n) is 5.63. The van der Waals surface area contributed by atoms with Crippen LogP contribution in [0.2, 0.25) is 0 Å². The molecule has 5 rings (SSSR count). The lowest BCUT2D eigenvalue weighted by Gasteiger charge is -2.34. The molecule has 1 heterocycles. The summed E-state index contributed by atoms with van der Waals surface area (Å²) in [4.78, 5) is 15.8. The topological polar surface area (TPSA) is 55.1 Å². The maximum Gasteiger partial charge on any atom is 0.372 e. The number of carbonyl (C=O) groups is 1. The van der Waals surface area contributed by atoms with Crippen molar-refractivity contribution in [2.45, 2.75) is 24.7 Å². The molecule has 3 aliphatic carbocycles. The van der Waals surface area contributed by atoms with Gasteiger partial charge in [-0.15, -0.1) is 0 Å². The van der Waals surface area contributed by atoms with Gasteiger partial charge in [0.15, 0.2) is 0 Å². The summed E-state index contributed by atoms with van der Waals surface area (Å²) in [5, 5.41) is 9.30. The summed E-state index contributed by atoms with van der Waals surface area (Å²) >= 11 is 2.30. The normalized spacial score (nSPS) is 22.5. The zero-order valence-electron chi connectivity index (χ0n) is 10.9. The van der Waals surface area contributed by atoms with Crippen LogP contribution < -0.4 is 0 Å². The number of halogens is 1. The zero-order chi connectivity index (χ0) is 14.0. The van der Waals surface area contributed by atoms with E-state index in [1.54, 1.807) is 4.57 Å². The van der Waals surface area contributed by atoms with Crippen LogP contribution in [0.25, 0.3) is 11.3 Å². The fourth-order valence-corrected chi connectivity index (χ4v) is 4.04. The van der Waals surface area contributed by atoms with Crippen molar-refractivity contribution in [3.8, 4) is 11.3 Å². The molecule has 0 aliphatic heterocycles. The smallest absolute Gasteiger partial charge is 0.372 e. The maximum absolute atomic E-state index is 11.3. The Labute approximate surface area is 130 Å². The maximum atomic E-state index is 11.3. The Morgan fingerprint density at radius 2 is 2.15 bits per heavy atom. The van der Waals surface area contributed by atoms with Gasteiger partial charge in [-0.2, -0.15) is 0 Å². The highest BCUT2D eigenvalue weighted by Crippen LogP contribution is 2.55. The van der Waals surface area contributed by atoms with Crippen LogP contribution in [0, 0.1) is 3.57 Å². The lowest BCUT2D eigenvalue weighted by molar-refractivity contribution is 0.0679. The quantitative estimate of drug-likeness (QED) is 0.772. The first-order chi connectivity index (χ1) is 9.56. The number of carboxylic acid groups (broad SMARTS) is 1. The molecule has 102 valence electrons. The molecule has 4 nitrogen and oxygen atoms in total. The van der Waals surface area contributed by atoms with E-state index in [9.17, 15) is 9.90 Å². The minimum Gasteiger partial charge on any atom is -0.475 e. The molecular formula is C15H13IN2O2. The van der Waals surface area contributed by atoms with Crippen LogP contribution in [0.1, 0.15) is 46.6 Å². The molecular weight excluding hydrogens is 367 g/mol. The number of nitrogens with zero attached hydrogens (tertiary/aromatic N) is 2. The number of hydrogen-bond acceptors (Lipinski definition) is 2. The first-order valence-corrected chi connectivity index (χ1v) is 7.74. The molecule has 2 bridgehead atoms. The molecule has 3 aliphatic rings. The Hall–Kier alpha value is -1.37. The summed E-state index contributed by atoms with van der Waals surface area (Å²) in [6.07, 6.45) is 2.22. The highest BCUT2D eigenvalue weighted by atomic mass is 127. The lowest BCUT2D eigenvalue weighted by Crippen LogP contribution is -2.21. The van der Waals surface area contributed by atoms with E-state index in [4.69, 9.17) is 0 Å². The Kier molecular flexibility index (Phi) is 2.52. The van der Waals surface area contributed by atoms with Gasteiger partial charge < -0.3 is 9.67 Å². The van der Waals surface area contributed by atoms with E-state index >= 15 is 0 Å². The van der Waals surface area contributed by atoms with Gasteiger partial charge in [0.1, 0.15) is 0 Å². The van der Waals surface area contributed by atoms with Crippen LogP contribution in [0.5, 0.6) is 0 Å². The Bertz CT molecular complexity index is 745. The minimum atomic E-state index is -0.955. The Morgan fingerprint density at radius 3 is 2.85 bits per heavy atom. The fourth-order valence-electron chi connectivity index (χ4n) is 3.55. The van der Waals surface area contributed by atoms with E-state index in [-0.39, 0.29) is 5.82 Å². The van der Waals surface area contributed by atoms with Crippen LogP contribution >= 0.6 is 22.6 Å². The van der Waals surface area contributed by atoms with Crippen molar-refractivity contribution in [3.05, 3.63) is 38.9 Å². The highest BCUT2D eigenvalue weighted by molar-refractivity contribution is 14.1. The van der Waals surface area contributed by atoms with E-state index in [0.29, 0.717) is 11.8 Å². The molecule has 0 unspecified atom stereocenters. The van der Waals surface area contributed by atoms with Crippen molar-refractivity contribution in [1.29, 1.82) is 0 Å². The summed E-state index contributed by atoms with van der Waals surface area (Å²) in [5.41, 5.74) is 4.43. The van der Waals surface area contributed by atoms with Gasteiger partial charge >= 0.3 is 5.97 Å². The van der Waals surface area contributed by atoms with Crippen molar-refractivity contribution >= 4 is 28.6 Å². The van der Waals surface area contributed by atoms with E-state index in [1.807, 2.05) is 7.05 Å².